The SMILES string of the molecule is Cc1cc(C)cc(-c2nnc(Sc3ccc(C(F)(F)F)nn3)o2)c1. The van der Waals surface area contributed by atoms with Crippen molar-refractivity contribution in [3.63, 3.8) is 0 Å². The van der Waals surface area contributed by atoms with Crippen LogP contribution in [0.25, 0.3) is 11.5 Å². The average molecular weight is 352 g/mol. The first-order valence-electron chi connectivity index (χ1n) is 6.82. The molecule has 0 amide bonds. The van der Waals surface area contributed by atoms with Crippen molar-refractivity contribution >= 4 is 11.8 Å². The Morgan fingerprint density at radius 2 is 1.62 bits per heavy atom. The molecule has 0 aliphatic carbocycles. The summed E-state index contributed by atoms with van der Waals surface area (Å²) in [6, 6.07) is 7.91. The summed E-state index contributed by atoms with van der Waals surface area (Å²) in [5.41, 5.74) is 1.86. The highest BCUT2D eigenvalue weighted by molar-refractivity contribution is 7.99. The maximum absolute atomic E-state index is 12.5. The third-order valence-corrected chi connectivity index (χ3v) is 3.76. The summed E-state index contributed by atoms with van der Waals surface area (Å²) >= 11 is 0.950. The molecular formula is C15H11F3N4OS. The molecule has 9 heteroatoms. The molecule has 5 nitrogen and oxygen atoms in total. The fourth-order valence-corrected chi connectivity index (χ4v) is 2.68. The zero-order valence-corrected chi connectivity index (χ0v) is 13.4. The van der Waals surface area contributed by atoms with Crippen molar-refractivity contribution in [3.8, 4) is 11.5 Å². The summed E-state index contributed by atoms with van der Waals surface area (Å²) in [5.74, 6) is 0.337. The summed E-state index contributed by atoms with van der Waals surface area (Å²) in [6.45, 7) is 3.92. The molecule has 0 N–H and O–H groups in total. The van der Waals surface area contributed by atoms with E-state index < -0.39 is 11.9 Å². The Balaban J connectivity index is 1.79. The quantitative estimate of drug-likeness (QED) is 0.700. The number of aromatic nitrogens is 4. The van der Waals surface area contributed by atoms with Crippen molar-refractivity contribution in [1.82, 2.24) is 20.4 Å². The molecule has 124 valence electrons. The molecule has 2 aromatic heterocycles. The highest BCUT2D eigenvalue weighted by Gasteiger charge is 2.32. The van der Waals surface area contributed by atoms with Gasteiger partial charge in [0, 0.05) is 5.56 Å². The second kappa shape index (κ2) is 6.23. The van der Waals surface area contributed by atoms with E-state index in [1.807, 2.05) is 32.0 Å². The van der Waals surface area contributed by atoms with E-state index in [2.05, 4.69) is 20.4 Å². The minimum Gasteiger partial charge on any atom is -0.411 e. The lowest BCUT2D eigenvalue weighted by Gasteiger charge is -2.03. The standard InChI is InChI=1S/C15H11F3N4OS/c1-8-5-9(2)7-10(6-8)13-21-22-14(23-13)24-12-4-3-11(19-20-12)15(16,17)18/h3-7H,1-2H3. The van der Waals surface area contributed by atoms with Gasteiger partial charge in [-0.3, -0.25) is 0 Å². The Bertz CT molecular complexity index is 842. The van der Waals surface area contributed by atoms with E-state index in [9.17, 15) is 13.2 Å². The van der Waals surface area contributed by atoms with Crippen LogP contribution >= 0.6 is 11.8 Å². The van der Waals surface area contributed by atoms with Crippen LogP contribution in [0.4, 0.5) is 13.2 Å². The van der Waals surface area contributed by atoms with Crippen LogP contribution in [-0.2, 0) is 6.18 Å². The first-order chi connectivity index (χ1) is 11.3. The topological polar surface area (TPSA) is 64.7 Å². The van der Waals surface area contributed by atoms with Gasteiger partial charge in [0.05, 0.1) is 0 Å². The van der Waals surface area contributed by atoms with Crippen molar-refractivity contribution in [1.29, 1.82) is 0 Å². The molecular weight excluding hydrogens is 341 g/mol. The number of alkyl halides is 3. The number of nitrogens with zero attached hydrogens (tertiary/aromatic N) is 4. The molecule has 24 heavy (non-hydrogen) atoms. The largest absolute Gasteiger partial charge is 0.435 e. The van der Waals surface area contributed by atoms with Gasteiger partial charge in [0.1, 0.15) is 5.03 Å². The van der Waals surface area contributed by atoms with E-state index in [4.69, 9.17) is 4.42 Å². The van der Waals surface area contributed by atoms with Gasteiger partial charge in [-0.05, 0) is 49.9 Å². The zero-order chi connectivity index (χ0) is 17.3. The lowest BCUT2D eigenvalue weighted by Crippen LogP contribution is -2.08. The molecule has 0 saturated heterocycles. The molecule has 0 radical (unpaired) electrons. The fourth-order valence-electron chi connectivity index (χ4n) is 2.08. The average Bonchev–Trinajstić information content (AvgIpc) is 2.94. The molecule has 0 fully saturated rings. The number of aryl methyl sites for hydroxylation is 2. The lowest BCUT2D eigenvalue weighted by molar-refractivity contribution is -0.141. The molecule has 0 saturated carbocycles. The minimum atomic E-state index is -4.52. The number of hydrogen-bond acceptors (Lipinski definition) is 6. The van der Waals surface area contributed by atoms with E-state index in [1.165, 1.54) is 6.07 Å². The third-order valence-electron chi connectivity index (χ3n) is 3.00. The third kappa shape index (κ3) is 3.73. The Hall–Kier alpha value is -2.42. The molecule has 3 rings (SSSR count). The van der Waals surface area contributed by atoms with E-state index in [0.29, 0.717) is 5.89 Å². The molecule has 0 spiro atoms. The van der Waals surface area contributed by atoms with E-state index in [-0.39, 0.29) is 10.2 Å². The minimum absolute atomic E-state index is 0.179. The Morgan fingerprint density at radius 1 is 0.917 bits per heavy atom. The van der Waals surface area contributed by atoms with Crippen LogP contribution in [0.5, 0.6) is 0 Å². The molecule has 0 atom stereocenters. The highest BCUT2D eigenvalue weighted by atomic mass is 32.2. The van der Waals surface area contributed by atoms with Gasteiger partial charge in [0.2, 0.25) is 5.89 Å². The number of hydrogen-bond donors (Lipinski definition) is 0. The summed E-state index contributed by atoms with van der Waals surface area (Å²) in [5, 5.41) is 14.9. The van der Waals surface area contributed by atoms with Crippen LogP contribution in [0.15, 0.2) is 45.0 Å². The van der Waals surface area contributed by atoms with Crippen LogP contribution in [0, 0.1) is 13.8 Å². The molecule has 0 aliphatic heterocycles. The van der Waals surface area contributed by atoms with Gasteiger partial charge in [-0.15, -0.1) is 20.4 Å². The zero-order valence-electron chi connectivity index (χ0n) is 12.6. The van der Waals surface area contributed by atoms with Crippen molar-refractivity contribution < 1.29 is 17.6 Å². The molecule has 3 aromatic rings. The predicted molar refractivity (Wildman–Crippen MR) is 80.4 cm³/mol. The Labute approximate surface area is 139 Å². The number of halogens is 3. The normalized spacial score (nSPS) is 11.7. The predicted octanol–water partition coefficient (Wildman–Crippen LogP) is 4.31. The summed E-state index contributed by atoms with van der Waals surface area (Å²) in [6.07, 6.45) is -4.52. The van der Waals surface area contributed by atoms with Crippen molar-refractivity contribution in [3.05, 3.63) is 47.2 Å². The van der Waals surface area contributed by atoms with Crippen molar-refractivity contribution in [2.45, 2.75) is 30.3 Å². The second-order valence-corrected chi connectivity index (χ2v) is 6.08. The Kier molecular flexibility index (Phi) is 4.27. The molecule has 1 aromatic carbocycles. The van der Waals surface area contributed by atoms with Crippen LogP contribution in [0.3, 0.4) is 0 Å². The maximum atomic E-state index is 12.5. The van der Waals surface area contributed by atoms with Crippen LogP contribution in [-0.4, -0.2) is 20.4 Å². The molecule has 0 bridgehead atoms. The van der Waals surface area contributed by atoms with Gasteiger partial charge in [-0.2, -0.15) is 13.2 Å². The first kappa shape index (κ1) is 16.4. The van der Waals surface area contributed by atoms with E-state index in [1.54, 1.807) is 0 Å². The smallest absolute Gasteiger partial charge is 0.411 e. The summed E-state index contributed by atoms with van der Waals surface area (Å²) in [4.78, 5) is 0. The van der Waals surface area contributed by atoms with Gasteiger partial charge < -0.3 is 4.42 Å². The van der Waals surface area contributed by atoms with E-state index in [0.717, 1.165) is 34.5 Å². The number of benzene rings is 1. The van der Waals surface area contributed by atoms with Gasteiger partial charge >= 0.3 is 6.18 Å². The first-order valence-corrected chi connectivity index (χ1v) is 7.64. The van der Waals surface area contributed by atoms with Gasteiger partial charge in [0.25, 0.3) is 5.22 Å². The molecule has 0 aliphatic rings. The fraction of sp³-hybridized carbons (Fsp3) is 0.200. The maximum Gasteiger partial charge on any atom is 0.435 e. The van der Waals surface area contributed by atoms with Gasteiger partial charge in [-0.25, -0.2) is 0 Å². The monoisotopic (exact) mass is 352 g/mol. The Morgan fingerprint density at radius 3 is 2.21 bits per heavy atom. The second-order valence-electron chi connectivity index (χ2n) is 5.11. The highest BCUT2D eigenvalue weighted by Crippen LogP contribution is 2.31. The van der Waals surface area contributed by atoms with Crippen LogP contribution < -0.4 is 0 Å². The van der Waals surface area contributed by atoms with Crippen molar-refractivity contribution in [2.24, 2.45) is 0 Å². The van der Waals surface area contributed by atoms with Gasteiger partial charge in [-0.1, -0.05) is 17.2 Å². The van der Waals surface area contributed by atoms with Crippen LogP contribution in [0.1, 0.15) is 16.8 Å². The van der Waals surface area contributed by atoms with Crippen LogP contribution in [0.2, 0.25) is 0 Å². The van der Waals surface area contributed by atoms with Crippen molar-refractivity contribution in [2.75, 3.05) is 0 Å². The molecule has 2 heterocycles. The molecule has 0 unspecified atom stereocenters. The van der Waals surface area contributed by atoms with Gasteiger partial charge in [0.15, 0.2) is 5.69 Å². The summed E-state index contributed by atoms with van der Waals surface area (Å²) in [7, 11) is 0. The lowest BCUT2D eigenvalue weighted by atomic mass is 10.1. The summed E-state index contributed by atoms with van der Waals surface area (Å²) < 4.78 is 42.9. The van der Waals surface area contributed by atoms with E-state index >= 15 is 0 Å². The number of rotatable bonds is 3.